The van der Waals surface area contributed by atoms with Crippen LogP contribution in [0.25, 0.3) is 0 Å². The van der Waals surface area contributed by atoms with E-state index in [0.717, 1.165) is 6.07 Å². The van der Waals surface area contributed by atoms with Crippen LogP contribution in [0, 0.1) is 11.6 Å². The first-order valence-electron chi connectivity index (χ1n) is 8.01. The molecule has 0 aliphatic carbocycles. The minimum absolute atomic E-state index is 0.0258. The van der Waals surface area contributed by atoms with Gasteiger partial charge in [0.2, 0.25) is 5.91 Å². The highest BCUT2D eigenvalue weighted by molar-refractivity contribution is 5.78. The lowest BCUT2D eigenvalue weighted by molar-refractivity contribution is -0.120. The lowest BCUT2D eigenvalue weighted by atomic mass is 10.1. The van der Waals surface area contributed by atoms with Crippen LogP contribution in [-0.4, -0.2) is 23.7 Å². The van der Waals surface area contributed by atoms with E-state index in [-0.39, 0.29) is 24.6 Å². The highest BCUT2D eigenvalue weighted by Gasteiger charge is 2.14. The van der Waals surface area contributed by atoms with Crippen LogP contribution < -0.4 is 10.1 Å². The number of carbonyl (C=O) groups excluding carboxylic acids is 1. The van der Waals surface area contributed by atoms with Crippen molar-refractivity contribution in [2.24, 2.45) is 0 Å². The van der Waals surface area contributed by atoms with Crippen molar-refractivity contribution in [1.82, 2.24) is 5.32 Å². The van der Waals surface area contributed by atoms with Crippen LogP contribution >= 0.6 is 0 Å². The van der Waals surface area contributed by atoms with Gasteiger partial charge in [-0.05, 0) is 37.6 Å². The van der Waals surface area contributed by atoms with E-state index in [1.54, 1.807) is 24.3 Å². The molecule has 0 aliphatic rings. The van der Waals surface area contributed by atoms with Gasteiger partial charge in [-0.2, -0.15) is 0 Å². The summed E-state index contributed by atoms with van der Waals surface area (Å²) in [6.45, 7) is 3.81. The zero-order valence-electron chi connectivity index (χ0n) is 14.1. The first kappa shape index (κ1) is 18.9. The lowest BCUT2D eigenvalue weighted by Gasteiger charge is -2.14. The van der Waals surface area contributed by atoms with Gasteiger partial charge in [-0.3, -0.25) is 4.79 Å². The molecule has 25 heavy (non-hydrogen) atoms. The number of rotatable bonds is 7. The van der Waals surface area contributed by atoms with Gasteiger partial charge in [-0.1, -0.05) is 24.3 Å². The van der Waals surface area contributed by atoms with E-state index in [9.17, 15) is 18.7 Å². The maximum atomic E-state index is 13.5. The van der Waals surface area contributed by atoms with E-state index < -0.39 is 23.6 Å². The summed E-state index contributed by atoms with van der Waals surface area (Å²) in [5.74, 6) is -1.83. The summed E-state index contributed by atoms with van der Waals surface area (Å²) in [5, 5.41) is 12.6. The molecule has 4 nitrogen and oxygen atoms in total. The average Bonchev–Trinajstić information content (AvgIpc) is 2.57. The predicted molar refractivity (Wildman–Crippen MR) is 90.2 cm³/mol. The Labute approximate surface area is 145 Å². The molecule has 6 heteroatoms. The van der Waals surface area contributed by atoms with Crippen molar-refractivity contribution in [3.63, 3.8) is 0 Å². The molecular formula is C19H21F2NO3. The molecule has 1 unspecified atom stereocenters. The van der Waals surface area contributed by atoms with Crippen molar-refractivity contribution in [3.05, 3.63) is 65.2 Å². The van der Waals surface area contributed by atoms with Crippen LogP contribution in [0.5, 0.6) is 5.75 Å². The average molecular weight is 349 g/mol. The molecule has 1 atom stereocenters. The van der Waals surface area contributed by atoms with Crippen molar-refractivity contribution in [2.75, 3.05) is 6.54 Å². The van der Waals surface area contributed by atoms with Crippen LogP contribution in [0.2, 0.25) is 0 Å². The highest BCUT2D eigenvalue weighted by atomic mass is 19.2. The fraction of sp³-hybridized carbons (Fsp3) is 0.316. The van der Waals surface area contributed by atoms with Crippen molar-refractivity contribution in [2.45, 2.75) is 32.5 Å². The van der Waals surface area contributed by atoms with Gasteiger partial charge in [-0.15, -0.1) is 0 Å². The fourth-order valence-electron chi connectivity index (χ4n) is 2.29. The van der Waals surface area contributed by atoms with Crippen LogP contribution in [0.4, 0.5) is 8.78 Å². The summed E-state index contributed by atoms with van der Waals surface area (Å²) in [5.41, 5.74) is 0.593. The normalized spacial score (nSPS) is 12.1. The van der Waals surface area contributed by atoms with Crippen LogP contribution in [0.3, 0.4) is 0 Å². The molecule has 0 heterocycles. The van der Waals surface area contributed by atoms with E-state index >= 15 is 0 Å². The van der Waals surface area contributed by atoms with Crippen molar-refractivity contribution < 1.29 is 23.4 Å². The Morgan fingerprint density at radius 3 is 2.48 bits per heavy atom. The maximum absolute atomic E-state index is 13.5. The molecule has 0 radical (unpaired) electrons. The molecule has 0 bridgehead atoms. The smallest absolute Gasteiger partial charge is 0.224 e. The number of ether oxygens (including phenoxy) is 1. The topological polar surface area (TPSA) is 58.6 Å². The molecule has 2 N–H and O–H groups in total. The highest BCUT2D eigenvalue weighted by Crippen LogP contribution is 2.18. The minimum atomic E-state index is -1.03. The number of nitrogens with one attached hydrogen (secondary N) is 1. The summed E-state index contributed by atoms with van der Waals surface area (Å²) < 4.78 is 32.2. The summed E-state index contributed by atoms with van der Waals surface area (Å²) in [7, 11) is 0. The second-order valence-electron chi connectivity index (χ2n) is 5.95. The van der Waals surface area contributed by atoms with Crippen LogP contribution in [-0.2, 0) is 11.2 Å². The summed E-state index contributed by atoms with van der Waals surface area (Å²) >= 11 is 0. The number of aliphatic hydroxyl groups is 1. The summed E-state index contributed by atoms with van der Waals surface area (Å²) in [6, 6.07) is 10.6. The molecule has 134 valence electrons. The molecule has 1 amide bonds. The second kappa shape index (κ2) is 8.58. The standard InChI is InChI=1S/C19H21F2NO3/c1-12(2)25-15-8-6-13(7-9-15)17(23)11-22-18(24)10-14-4-3-5-16(20)19(14)21/h3-9,12,17,23H,10-11H2,1-2H3,(H,22,24). The van der Waals surface area contributed by atoms with Crippen molar-refractivity contribution in [3.8, 4) is 5.75 Å². The molecule has 2 aromatic carbocycles. The van der Waals surface area contributed by atoms with Crippen LogP contribution in [0.1, 0.15) is 31.1 Å². The predicted octanol–water partition coefficient (Wildman–Crippen LogP) is 3.14. The van der Waals surface area contributed by atoms with Gasteiger partial charge in [0.05, 0.1) is 18.6 Å². The van der Waals surface area contributed by atoms with E-state index in [1.807, 2.05) is 13.8 Å². The molecule has 0 saturated heterocycles. The van der Waals surface area contributed by atoms with E-state index in [2.05, 4.69) is 5.32 Å². The third-order valence-electron chi connectivity index (χ3n) is 3.51. The Morgan fingerprint density at radius 2 is 1.84 bits per heavy atom. The number of amides is 1. The Balaban J connectivity index is 1.87. The van der Waals surface area contributed by atoms with Gasteiger partial charge >= 0.3 is 0 Å². The molecule has 0 aliphatic heterocycles. The van der Waals surface area contributed by atoms with Gasteiger partial charge in [0.15, 0.2) is 11.6 Å². The number of carbonyl (C=O) groups is 1. The number of hydrogen-bond acceptors (Lipinski definition) is 3. The second-order valence-corrected chi connectivity index (χ2v) is 5.95. The lowest BCUT2D eigenvalue weighted by Crippen LogP contribution is -2.30. The Kier molecular flexibility index (Phi) is 6.47. The molecule has 0 saturated carbocycles. The third-order valence-corrected chi connectivity index (χ3v) is 3.51. The SMILES string of the molecule is CC(C)Oc1ccc(C(O)CNC(=O)Cc2cccc(F)c2F)cc1. The van der Waals surface area contributed by atoms with E-state index in [0.29, 0.717) is 11.3 Å². The van der Waals surface area contributed by atoms with Gasteiger partial charge in [-0.25, -0.2) is 8.78 Å². The Morgan fingerprint density at radius 1 is 1.16 bits per heavy atom. The Hall–Kier alpha value is -2.47. The first-order chi connectivity index (χ1) is 11.9. The van der Waals surface area contributed by atoms with Crippen molar-refractivity contribution >= 4 is 5.91 Å². The zero-order valence-corrected chi connectivity index (χ0v) is 14.1. The monoisotopic (exact) mass is 349 g/mol. The Bertz CT molecular complexity index is 717. The molecule has 0 fully saturated rings. The number of aliphatic hydroxyl groups excluding tert-OH is 1. The van der Waals surface area contributed by atoms with E-state index in [4.69, 9.17) is 4.74 Å². The summed E-state index contributed by atoms with van der Waals surface area (Å²) in [4.78, 5) is 11.9. The number of benzene rings is 2. The van der Waals surface area contributed by atoms with Crippen molar-refractivity contribution in [1.29, 1.82) is 0 Å². The third kappa shape index (κ3) is 5.53. The molecular weight excluding hydrogens is 328 g/mol. The quantitative estimate of drug-likeness (QED) is 0.807. The van der Waals surface area contributed by atoms with E-state index in [1.165, 1.54) is 12.1 Å². The zero-order chi connectivity index (χ0) is 18.4. The molecule has 0 aromatic heterocycles. The van der Waals surface area contributed by atoms with Gasteiger partial charge in [0.25, 0.3) is 0 Å². The first-order valence-corrected chi connectivity index (χ1v) is 8.01. The minimum Gasteiger partial charge on any atom is -0.491 e. The van der Waals surface area contributed by atoms with Gasteiger partial charge < -0.3 is 15.2 Å². The molecule has 2 aromatic rings. The van der Waals surface area contributed by atoms with Gasteiger partial charge in [0, 0.05) is 12.1 Å². The largest absolute Gasteiger partial charge is 0.491 e. The number of halogens is 2. The molecule has 0 spiro atoms. The van der Waals surface area contributed by atoms with Gasteiger partial charge in [0.1, 0.15) is 5.75 Å². The molecule has 2 rings (SSSR count). The van der Waals surface area contributed by atoms with Crippen LogP contribution in [0.15, 0.2) is 42.5 Å². The fourth-order valence-corrected chi connectivity index (χ4v) is 2.29. The number of hydrogen-bond donors (Lipinski definition) is 2. The summed E-state index contributed by atoms with van der Waals surface area (Å²) in [6.07, 6.45) is -1.15. The maximum Gasteiger partial charge on any atom is 0.224 e.